The van der Waals surface area contributed by atoms with Crippen molar-refractivity contribution < 1.29 is 9.59 Å². The van der Waals surface area contributed by atoms with E-state index in [1.807, 2.05) is 43.3 Å². The topological polar surface area (TPSA) is 49.4 Å². The molecule has 0 spiro atoms. The molecular formula is C20H21ClN2O2. The Bertz CT molecular complexity index is 777. The minimum Gasteiger partial charge on any atom is -0.325 e. The molecule has 0 radical (unpaired) electrons. The highest BCUT2D eigenvalue weighted by atomic mass is 35.5. The Labute approximate surface area is 152 Å². The van der Waals surface area contributed by atoms with Crippen LogP contribution < -0.4 is 10.2 Å². The van der Waals surface area contributed by atoms with E-state index in [9.17, 15) is 9.59 Å². The first-order chi connectivity index (χ1) is 12.0. The highest BCUT2D eigenvalue weighted by molar-refractivity contribution is 6.33. The summed E-state index contributed by atoms with van der Waals surface area (Å²) in [5.41, 5.74) is 2.45. The number of amides is 2. The lowest BCUT2D eigenvalue weighted by Gasteiger charge is -2.18. The van der Waals surface area contributed by atoms with Crippen LogP contribution in [0.3, 0.4) is 0 Å². The molecule has 1 unspecified atom stereocenters. The number of halogens is 1. The molecule has 130 valence electrons. The van der Waals surface area contributed by atoms with Gasteiger partial charge in [0.25, 0.3) is 0 Å². The number of benzene rings is 2. The van der Waals surface area contributed by atoms with Crippen molar-refractivity contribution in [3.8, 4) is 0 Å². The van der Waals surface area contributed by atoms with Gasteiger partial charge in [0.05, 0.1) is 10.7 Å². The highest BCUT2D eigenvalue weighted by Crippen LogP contribution is 2.30. The molecule has 5 heteroatoms. The number of hydrogen-bond acceptors (Lipinski definition) is 2. The van der Waals surface area contributed by atoms with E-state index in [-0.39, 0.29) is 17.7 Å². The van der Waals surface area contributed by atoms with Crippen LogP contribution in [0, 0.1) is 0 Å². The van der Waals surface area contributed by atoms with Gasteiger partial charge in [0.2, 0.25) is 11.8 Å². The lowest BCUT2D eigenvalue weighted by atomic mass is 9.97. The molecule has 1 aliphatic heterocycles. The van der Waals surface area contributed by atoms with Gasteiger partial charge in [0.1, 0.15) is 0 Å². The van der Waals surface area contributed by atoms with Crippen molar-refractivity contribution in [3.63, 3.8) is 0 Å². The molecule has 2 amide bonds. The van der Waals surface area contributed by atoms with Gasteiger partial charge >= 0.3 is 0 Å². The molecule has 0 saturated carbocycles. The summed E-state index contributed by atoms with van der Waals surface area (Å²) in [5, 5.41) is 3.35. The predicted molar refractivity (Wildman–Crippen MR) is 101 cm³/mol. The number of anilines is 2. The summed E-state index contributed by atoms with van der Waals surface area (Å²) in [7, 11) is 0. The normalized spacial score (nSPS) is 15.3. The van der Waals surface area contributed by atoms with E-state index in [0.29, 0.717) is 30.1 Å². The zero-order chi connectivity index (χ0) is 17.8. The van der Waals surface area contributed by atoms with Gasteiger partial charge in [-0.2, -0.15) is 0 Å². The summed E-state index contributed by atoms with van der Waals surface area (Å²) in [5.74, 6) is 0.128. The Kier molecular flexibility index (Phi) is 5.39. The van der Waals surface area contributed by atoms with Crippen molar-refractivity contribution in [2.75, 3.05) is 16.8 Å². The Morgan fingerprint density at radius 2 is 2.00 bits per heavy atom. The molecule has 3 rings (SSSR count). The van der Waals surface area contributed by atoms with E-state index in [2.05, 4.69) is 5.32 Å². The maximum atomic E-state index is 12.4. The summed E-state index contributed by atoms with van der Waals surface area (Å²) in [4.78, 5) is 26.0. The second-order valence-corrected chi connectivity index (χ2v) is 6.78. The number of carbonyl (C=O) groups excluding carboxylic acids is 2. The van der Waals surface area contributed by atoms with E-state index in [4.69, 9.17) is 11.6 Å². The number of rotatable bonds is 5. The Morgan fingerprint density at radius 3 is 2.68 bits per heavy atom. The third kappa shape index (κ3) is 4.20. The van der Waals surface area contributed by atoms with Crippen molar-refractivity contribution >= 4 is 34.8 Å². The standard InChI is InChI=1S/C20H21ClN2O2/c1-14(15-6-3-2-4-7-15)12-19(24)22-18-13-16(9-10-17(18)21)23-11-5-8-20(23)25/h2-4,6-7,9-10,13-14H,5,8,11-12H2,1H3,(H,22,24). The van der Waals surface area contributed by atoms with E-state index >= 15 is 0 Å². The van der Waals surface area contributed by atoms with Crippen LogP contribution in [0.15, 0.2) is 48.5 Å². The van der Waals surface area contributed by atoms with Crippen molar-refractivity contribution in [2.24, 2.45) is 0 Å². The fraction of sp³-hybridized carbons (Fsp3) is 0.300. The third-order valence-electron chi connectivity index (χ3n) is 4.47. The quantitative estimate of drug-likeness (QED) is 0.851. The van der Waals surface area contributed by atoms with Gasteiger partial charge in [-0.15, -0.1) is 0 Å². The lowest BCUT2D eigenvalue weighted by Crippen LogP contribution is -2.24. The predicted octanol–water partition coefficient (Wildman–Crippen LogP) is 4.60. The van der Waals surface area contributed by atoms with Crippen LogP contribution in [0.2, 0.25) is 5.02 Å². The first-order valence-corrected chi connectivity index (χ1v) is 8.87. The maximum absolute atomic E-state index is 12.4. The number of nitrogens with one attached hydrogen (secondary N) is 1. The molecule has 1 N–H and O–H groups in total. The fourth-order valence-electron chi connectivity index (χ4n) is 3.08. The zero-order valence-corrected chi connectivity index (χ0v) is 14.9. The summed E-state index contributed by atoms with van der Waals surface area (Å²) in [6, 6.07) is 15.2. The third-order valence-corrected chi connectivity index (χ3v) is 4.80. The van der Waals surface area contributed by atoms with E-state index in [1.54, 1.807) is 17.0 Å². The first-order valence-electron chi connectivity index (χ1n) is 8.49. The Morgan fingerprint density at radius 1 is 1.24 bits per heavy atom. The molecule has 1 atom stereocenters. The molecule has 0 aliphatic carbocycles. The second kappa shape index (κ2) is 7.70. The molecule has 1 heterocycles. The molecule has 1 aliphatic rings. The SMILES string of the molecule is CC(CC(=O)Nc1cc(N2CCCC2=O)ccc1Cl)c1ccccc1. The van der Waals surface area contributed by atoms with Gasteiger partial charge in [0.15, 0.2) is 0 Å². The molecule has 2 aromatic rings. The molecule has 1 saturated heterocycles. The average molecular weight is 357 g/mol. The monoisotopic (exact) mass is 356 g/mol. The van der Waals surface area contributed by atoms with E-state index in [0.717, 1.165) is 17.7 Å². The average Bonchev–Trinajstić information content (AvgIpc) is 3.03. The summed E-state index contributed by atoms with van der Waals surface area (Å²) in [6.07, 6.45) is 1.80. The molecular weight excluding hydrogens is 336 g/mol. The Balaban J connectivity index is 1.69. The van der Waals surface area contributed by atoms with Gasteiger partial charge in [-0.1, -0.05) is 48.9 Å². The molecule has 25 heavy (non-hydrogen) atoms. The number of carbonyl (C=O) groups is 2. The van der Waals surface area contributed by atoms with Crippen LogP contribution in [-0.4, -0.2) is 18.4 Å². The molecule has 0 bridgehead atoms. The van der Waals surface area contributed by atoms with Crippen LogP contribution in [0.25, 0.3) is 0 Å². The van der Waals surface area contributed by atoms with Crippen molar-refractivity contribution in [3.05, 3.63) is 59.1 Å². The highest BCUT2D eigenvalue weighted by Gasteiger charge is 2.22. The fourth-order valence-corrected chi connectivity index (χ4v) is 3.24. The van der Waals surface area contributed by atoms with Gasteiger partial charge in [-0.3, -0.25) is 9.59 Å². The van der Waals surface area contributed by atoms with Gasteiger partial charge in [-0.05, 0) is 36.1 Å². The van der Waals surface area contributed by atoms with Crippen LogP contribution in [0.4, 0.5) is 11.4 Å². The van der Waals surface area contributed by atoms with E-state index in [1.165, 1.54) is 0 Å². The second-order valence-electron chi connectivity index (χ2n) is 6.38. The number of hydrogen-bond donors (Lipinski definition) is 1. The van der Waals surface area contributed by atoms with Gasteiger partial charge in [-0.25, -0.2) is 0 Å². The molecule has 2 aromatic carbocycles. The van der Waals surface area contributed by atoms with Crippen molar-refractivity contribution in [1.29, 1.82) is 0 Å². The maximum Gasteiger partial charge on any atom is 0.227 e. The molecule has 4 nitrogen and oxygen atoms in total. The van der Waals surface area contributed by atoms with Crippen LogP contribution >= 0.6 is 11.6 Å². The zero-order valence-electron chi connectivity index (χ0n) is 14.2. The molecule has 0 aromatic heterocycles. The first kappa shape index (κ1) is 17.5. The smallest absolute Gasteiger partial charge is 0.227 e. The van der Waals surface area contributed by atoms with Crippen molar-refractivity contribution in [2.45, 2.75) is 32.1 Å². The minimum absolute atomic E-state index is 0.0943. The van der Waals surface area contributed by atoms with Gasteiger partial charge in [0, 0.05) is 25.1 Å². The van der Waals surface area contributed by atoms with Crippen LogP contribution in [0.1, 0.15) is 37.7 Å². The Hall–Kier alpha value is -2.33. The van der Waals surface area contributed by atoms with Crippen LogP contribution in [0.5, 0.6) is 0 Å². The van der Waals surface area contributed by atoms with Gasteiger partial charge < -0.3 is 10.2 Å². The minimum atomic E-state index is -0.0943. The van der Waals surface area contributed by atoms with E-state index < -0.39 is 0 Å². The van der Waals surface area contributed by atoms with Crippen molar-refractivity contribution in [1.82, 2.24) is 0 Å². The lowest BCUT2D eigenvalue weighted by molar-refractivity contribution is -0.117. The largest absolute Gasteiger partial charge is 0.325 e. The molecule has 1 fully saturated rings. The summed E-state index contributed by atoms with van der Waals surface area (Å²) in [6.45, 7) is 2.73. The number of nitrogens with zero attached hydrogens (tertiary/aromatic N) is 1. The van der Waals surface area contributed by atoms with Crippen LogP contribution in [-0.2, 0) is 9.59 Å². The summed E-state index contributed by atoms with van der Waals surface area (Å²) >= 11 is 6.22. The summed E-state index contributed by atoms with van der Waals surface area (Å²) < 4.78 is 0.